The first kappa shape index (κ1) is 18.5. The van der Waals surface area contributed by atoms with Crippen LogP contribution in [0.3, 0.4) is 0 Å². The zero-order valence-corrected chi connectivity index (χ0v) is 14.6. The quantitative estimate of drug-likeness (QED) is 0.818. The number of carbonyl (C=O) groups excluding carboxylic acids is 1. The molecule has 0 aliphatic carbocycles. The Labute approximate surface area is 133 Å². The highest BCUT2D eigenvalue weighted by Gasteiger charge is 2.23. The van der Waals surface area contributed by atoms with Gasteiger partial charge in [0.1, 0.15) is 12.4 Å². The molecule has 1 aromatic carbocycles. The van der Waals surface area contributed by atoms with Crippen molar-refractivity contribution in [2.75, 3.05) is 6.54 Å². The van der Waals surface area contributed by atoms with E-state index in [1.165, 1.54) is 0 Å². The number of benzene rings is 1. The average Bonchev–Trinajstić information content (AvgIpc) is 2.36. The van der Waals surface area contributed by atoms with Crippen LogP contribution in [0.4, 0.5) is 0 Å². The number of aromatic hydroxyl groups is 1. The fourth-order valence-electron chi connectivity index (χ4n) is 1.85. The van der Waals surface area contributed by atoms with Crippen LogP contribution in [0.5, 0.6) is 5.75 Å². The second kappa shape index (κ2) is 7.14. The van der Waals surface area contributed by atoms with Crippen LogP contribution in [-0.2, 0) is 22.6 Å². The van der Waals surface area contributed by atoms with Crippen molar-refractivity contribution in [3.8, 4) is 5.75 Å². The summed E-state index contributed by atoms with van der Waals surface area (Å²) in [6, 6.07) is 5.46. The molecule has 1 rings (SSSR count). The van der Waals surface area contributed by atoms with Crippen molar-refractivity contribution < 1.29 is 14.6 Å². The average molecular weight is 307 g/mol. The summed E-state index contributed by atoms with van der Waals surface area (Å²) < 4.78 is 5.27. The molecule has 0 aliphatic rings. The predicted molar refractivity (Wildman–Crippen MR) is 88.8 cm³/mol. The second-order valence-electron chi connectivity index (χ2n) is 7.72. The van der Waals surface area contributed by atoms with E-state index in [1.807, 2.05) is 32.9 Å². The number of nitrogens with one attached hydrogen (secondary N) is 1. The molecule has 0 spiro atoms. The van der Waals surface area contributed by atoms with E-state index in [-0.39, 0.29) is 23.9 Å². The minimum atomic E-state index is -0.538. The lowest BCUT2D eigenvalue weighted by molar-refractivity contribution is -0.154. The van der Waals surface area contributed by atoms with Crippen molar-refractivity contribution in [2.24, 2.45) is 5.41 Å². The molecular weight excluding hydrogens is 278 g/mol. The monoisotopic (exact) mass is 307 g/mol. The van der Waals surface area contributed by atoms with Gasteiger partial charge in [-0.2, -0.15) is 0 Å². The van der Waals surface area contributed by atoms with Gasteiger partial charge in [0.25, 0.3) is 0 Å². The maximum absolute atomic E-state index is 11.8. The first-order valence-electron chi connectivity index (χ1n) is 7.72. The number of ether oxygens (including phenoxy) is 1. The first-order chi connectivity index (χ1) is 9.99. The molecule has 0 atom stereocenters. The molecule has 0 bridgehead atoms. The maximum Gasteiger partial charge on any atom is 0.311 e. The summed E-state index contributed by atoms with van der Waals surface area (Å²) >= 11 is 0. The van der Waals surface area contributed by atoms with E-state index in [0.29, 0.717) is 5.56 Å². The summed E-state index contributed by atoms with van der Waals surface area (Å²) in [7, 11) is 0. The first-order valence-corrected chi connectivity index (χ1v) is 7.72. The number of phenolic OH excluding ortho intramolecular Hbond substituents is 1. The van der Waals surface area contributed by atoms with Crippen LogP contribution in [0.25, 0.3) is 0 Å². The molecular formula is C18H29NO3. The van der Waals surface area contributed by atoms with Gasteiger partial charge < -0.3 is 15.2 Å². The highest BCUT2D eigenvalue weighted by atomic mass is 16.5. The van der Waals surface area contributed by atoms with Gasteiger partial charge in [-0.05, 0) is 72.2 Å². The summed E-state index contributed by atoms with van der Waals surface area (Å²) in [5.41, 5.74) is 1.30. The highest BCUT2D eigenvalue weighted by molar-refractivity contribution is 5.75. The van der Waals surface area contributed by atoms with E-state index in [2.05, 4.69) is 26.1 Å². The van der Waals surface area contributed by atoms with Gasteiger partial charge in [-0.3, -0.25) is 4.79 Å². The van der Waals surface area contributed by atoms with Gasteiger partial charge in [0, 0.05) is 11.1 Å². The third-order valence-electron chi connectivity index (χ3n) is 3.18. The van der Waals surface area contributed by atoms with Gasteiger partial charge in [-0.25, -0.2) is 0 Å². The lowest BCUT2D eigenvalue weighted by Gasteiger charge is -2.20. The lowest BCUT2D eigenvalue weighted by atomic mass is 9.97. The van der Waals surface area contributed by atoms with Crippen molar-refractivity contribution in [1.29, 1.82) is 0 Å². The van der Waals surface area contributed by atoms with Crippen molar-refractivity contribution in [1.82, 2.24) is 5.32 Å². The second-order valence-corrected chi connectivity index (χ2v) is 7.72. The molecule has 0 unspecified atom stereocenters. The Bertz CT molecular complexity index is 510. The summed E-state index contributed by atoms with van der Waals surface area (Å²) in [6.45, 7) is 12.8. The normalized spacial score (nSPS) is 12.3. The lowest BCUT2D eigenvalue weighted by Crippen LogP contribution is -2.37. The van der Waals surface area contributed by atoms with Crippen LogP contribution in [0.2, 0.25) is 0 Å². The number of carbonyl (C=O) groups is 1. The van der Waals surface area contributed by atoms with Crippen molar-refractivity contribution in [2.45, 2.75) is 60.1 Å². The van der Waals surface area contributed by atoms with E-state index in [9.17, 15) is 9.90 Å². The Hall–Kier alpha value is -1.55. The number of rotatable bonds is 5. The highest BCUT2D eigenvalue weighted by Crippen LogP contribution is 2.22. The van der Waals surface area contributed by atoms with Crippen LogP contribution in [0.15, 0.2) is 18.2 Å². The molecule has 124 valence electrons. The largest absolute Gasteiger partial charge is 0.508 e. The Morgan fingerprint density at radius 3 is 2.36 bits per heavy atom. The van der Waals surface area contributed by atoms with Crippen LogP contribution in [0, 0.1) is 5.41 Å². The SMILES string of the molecule is CC(C)(C)NCCc1ccc(O)c(COC(=O)C(C)(C)C)c1. The van der Waals surface area contributed by atoms with Crippen LogP contribution >= 0.6 is 0 Å². The number of hydrogen-bond acceptors (Lipinski definition) is 4. The third-order valence-corrected chi connectivity index (χ3v) is 3.18. The minimum absolute atomic E-state index is 0.0853. The maximum atomic E-state index is 11.8. The molecule has 0 amide bonds. The van der Waals surface area contributed by atoms with Crippen LogP contribution in [-0.4, -0.2) is 23.2 Å². The Balaban J connectivity index is 2.64. The number of esters is 1. The molecule has 0 aliphatic heterocycles. The Morgan fingerprint density at radius 1 is 1.18 bits per heavy atom. The third kappa shape index (κ3) is 6.48. The van der Waals surface area contributed by atoms with E-state index < -0.39 is 5.41 Å². The summed E-state index contributed by atoms with van der Waals surface area (Å²) in [4.78, 5) is 11.8. The Kier molecular flexibility index (Phi) is 6.00. The zero-order chi connectivity index (χ0) is 17.0. The molecule has 4 heteroatoms. The smallest absolute Gasteiger partial charge is 0.311 e. The fraction of sp³-hybridized carbons (Fsp3) is 0.611. The van der Waals surface area contributed by atoms with E-state index in [1.54, 1.807) is 6.07 Å². The summed E-state index contributed by atoms with van der Waals surface area (Å²) in [5.74, 6) is -0.110. The minimum Gasteiger partial charge on any atom is -0.508 e. The molecule has 1 aromatic rings. The molecule has 4 nitrogen and oxygen atoms in total. The number of hydrogen-bond donors (Lipinski definition) is 2. The molecule has 0 fully saturated rings. The van der Waals surface area contributed by atoms with Gasteiger partial charge in [0.2, 0.25) is 0 Å². The van der Waals surface area contributed by atoms with E-state index >= 15 is 0 Å². The number of phenols is 1. The van der Waals surface area contributed by atoms with Crippen molar-refractivity contribution in [3.63, 3.8) is 0 Å². The zero-order valence-electron chi connectivity index (χ0n) is 14.6. The van der Waals surface area contributed by atoms with Crippen molar-refractivity contribution >= 4 is 5.97 Å². The van der Waals surface area contributed by atoms with E-state index in [4.69, 9.17) is 4.74 Å². The van der Waals surface area contributed by atoms with Gasteiger partial charge in [-0.1, -0.05) is 6.07 Å². The van der Waals surface area contributed by atoms with E-state index in [0.717, 1.165) is 18.5 Å². The molecule has 0 aromatic heterocycles. The fourth-order valence-corrected chi connectivity index (χ4v) is 1.85. The molecule has 0 radical (unpaired) electrons. The summed E-state index contributed by atoms with van der Waals surface area (Å²) in [5, 5.41) is 13.3. The topological polar surface area (TPSA) is 58.6 Å². The summed E-state index contributed by atoms with van der Waals surface area (Å²) in [6.07, 6.45) is 0.859. The van der Waals surface area contributed by atoms with Crippen LogP contribution in [0.1, 0.15) is 52.7 Å². The Morgan fingerprint density at radius 2 is 1.82 bits per heavy atom. The molecule has 22 heavy (non-hydrogen) atoms. The predicted octanol–water partition coefficient (Wildman–Crippen LogP) is 3.41. The van der Waals surface area contributed by atoms with Gasteiger partial charge in [0.05, 0.1) is 5.41 Å². The van der Waals surface area contributed by atoms with Gasteiger partial charge >= 0.3 is 5.97 Å². The molecule has 0 saturated heterocycles. The van der Waals surface area contributed by atoms with Crippen molar-refractivity contribution in [3.05, 3.63) is 29.3 Å². The van der Waals surface area contributed by atoms with Gasteiger partial charge in [0.15, 0.2) is 0 Å². The van der Waals surface area contributed by atoms with Gasteiger partial charge in [-0.15, -0.1) is 0 Å². The van der Waals surface area contributed by atoms with Crippen LogP contribution < -0.4 is 5.32 Å². The molecule has 0 saturated carbocycles. The molecule has 2 N–H and O–H groups in total. The molecule has 0 heterocycles. The standard InChI is InChI=1S/C18H29NO3/c1-17(2,3)16(21)22-12-14-11-13(7-8-15(14)20)9-10-19-18(4,5)6/h7-8,11,19-20H,9-10,12H2,1-6H3.